The van der Waals surface area contributed by atoms with Crippen molar-refractivity contribution in [3.63, 3.8) is 0 Å². The highest BCUT2D eigenvalue weighted by molar-refractivity contribution is 5.32. The largest absolute Gasteiger partial charge is 0.491 e. The van der Waals surface area contributed by atoms with Gasteiger partial charge in [-0.25, -0.2) is 0 Å². The summed E-state index contributed by atoms with van der Waals surface area (Å²) >= 11 is 0. The van der Waals surface area contributed by atoms with Crippen molar-refractivity contribution in [1.82, 2.24) is 5.32 Å². The van der Waals surface area contributed by atoms with Crippen molar-refractivity contribution >= 4 is 0 Å². The van der Waals surface area contributed by atoms with Gasteiger partial charge in [-0.1, -0.05) is 13.0 Å². The second kappa shape index (κ2) is 6.59. The molecule has 0 saturated heterocycles. The van der Waals surface area contributed by atoms with Crippen LogP contribution in [0, 0.1) is 13.8 Å². The van der Waals surface area contributed by atoms with Gasteiger partial charge < -0.3 is 15.2 Å². The number of benzene rings is 1. The van der Waals surface area contributed by atoms with Crippen LogP contribution in [0.25, 0.3) is 0 Å². The Morgan fingerprint density at radius 1 is 1.25 bits per heavy atom. The molecule has 0 aliphatic heterocycles. The summed E-state index contributed by atoms with van der Waals surface area (Å²) in [6.07, 6.45) is 4.44. The molecule has 1 atom stereocenters. The van der Waals surface area contributed by atoms with E-state index in [1.54, 1.807) is 0 Å². The lowest BCUT2D eigenvalue weighted by Crippen LogP contribution is -2.53. The molecule has 0 heterocycles. The quantitative estimate of drug-likeness (QED) is 0.805. The Kier molecular flexibility index (Phi) is 5.06. The van der Waals surface area contributed by atoms with E-state index in [-0.39, 0.29) is 5.54 Å². The number of ether oxygens (including phenoxy) is 1. The normalized spacial score (nSPS) is 18.4. The maximum atomic E-state index is 10.0. The molecule has 1 aliphatic rings. The predicted octanol–water partition coefficient (Wildman–Crippen LogP) is 2.97. The molecule has 20 heavy (non-hydrogen) atoms. The minimum Gasteiger partial charge on any atom is -0.491 e. The van der Waals surface area contributed by atoms with Gasteiger partial charge in [0, 0.05) is 12.1 Å². The van der Waals surface area contributed by atoms with Crippen LogP contribution in [0.2, 0.25) is 0 Å². The lowest BCUT2D eigenvalue weighted by atomic mass is 9.75. The van der Waals surface area contributed by atoms with Crippen LogP contribution in [0.15, 0.2) is 18.2 Å². The SMILES string of the molecule is CCC1(NCC(O)COc2cc(C)cc(C)c2)CCC1. The summed E-state index contributed by atoms with van der Waals surface area (Å²) in [5.74, 6) is 0.843. The fraction of sp³-hybridized carbons (Fsp3) is 0.647. The van der Waals surface area contributed by atoms with Gasteiger partial charge in [0.1, 0.15) is 18.5 Å². The first-order valence-electron chi connectivity index (χ1n) is 7.67. The van der Waals surface area contributed by atoms with E-state index in [9.17, 15) is 5.11 Å². The molecule has 1 aromatic rings. The summed E-state index contributed by atoms with van der Waals surface area (Å²) in [6.45, 7) is 7.28. The third kappa shape index (κ3) is 3.97. The molecule has 2 rings (SSSR count). The van der Waals surface area contributed by atoms with Gasteiger partial charge in [-0.15, -0.1) is 0 Å². The van der Waals surface area contributed by atoms with Crippen LogP contribution >= 0.6 is 0 Å². The molecule has 3 heteroatoms. The monoisotopic (exact) mass is 277 g/mol. The summed E-state index contributed by atoms with van der Waals surface area (Å²) < 4.78 is 5.69. The van der Waals surface area contributed by atoms with E-state index >= 15 is 0 Å². The number of hydrogen-bond acceptors (Lipinski definition) is 3. The van der Waals surface area contributed by atoms with E-state index in [4.69, 9.17) is 4.74 Å². The van der Waals surface area contributed by atoms with Crippen molar-refractivity contribution in [2.45, 2.75) is 58.1 Å². The van der Waals surface area contributed by atoms with Gasteiger partial charge in [0.05, 0.1) is 0 Å². The van der Waals surface area contributed by atoms with Gasteiger partial charge in [0.2, 0.25) is 0 Å². The second-order valence-corrected chi connectivity index (χ2v) is 6.16. The van der Waals surface area contributed by atoms with Crippen LogP contribution in [-0.2, 0) is 0 Å². The zero-order valence-corrected chi connectivity index (χ0v) is 12.9. The van der Waals surface area contributed by atoms with Crippen LogP contribution in [0.3, 0.4) is 0 Å². The zero-order valence-electron chi connectivity index (χ0n) is 12.9. The molecular weight excluding hydrogens is 250 g/mol. The lowest BCUT2D eigenvalue weighted by Gasteiger charge is -2.42. The van der Waals surface area contributed by atoms with Crippen molar-refractivity contribution in [3.8, 4) is 5.75 Å². The van der Waals surface area contributed by atoms with E-state index < -0.39 is 6.10 Å². The molecule has 1 aromatic carbocycles. The Labute approximate surface area is 122 Å². The first-order chi connectivity index (χ1) is 9.53. The number of aliphatic hydroxyl groups excluding tert-OH is 1. The predicted molar refractivity (Wildman–Crippen MR) is 82.3 cm³/mol. The molecule has 3 nitrogen and oxygen atoms in total. The van der Waals surface area contributed by atoms with E-state index in [2.05, 4.69) is 32.2 Å². The molecule has 0 aromatic heterocycles. The number of hydrogen-bond donors (Lipinski definition) is 2. The molecule has 0 bridgehead atoms. The Balaban J connectivity index is 1.75. The molecule has 1 saturated carbocycles. The molecular formula is C17H27NO2. The number of nitrogens with one attached hydrogen (secondary N) is 1. The van der Waals surface area contributed by atoms with Gasteiger partial charge in [0.25, 0.3) is 0 Å². The highest BCUT2D eigenvalue weighted by Gasteiger charge is 2.34. The third-order valence-electron chi connectivity index (χ3n) is 4.34. The molecule has 0 amide bonds. The zero-order chi connectivity index (χ0) is 14.6. The highest BCUT2D eigenvalue weighted by atomic mass is 16.5. The van der Waals surface area contributed by atoms with Gasteiger partial charge >= 0.3 is 0 Å². The topological polar surface area (TPSA) is 41.5 Å². The smallest absolute Gasteiger partial charge is 0.119 e. The molecule has 2 N–H and O–H groups in total. The molecule has 112 valence electrons. The maximum Gasteiger partial charge on any atom is 0.119 e. The van der Waals surface area contributed by atoms with Crippen molar-refractivity contribution < 1.29 is 9.84 Å². The minimum atomic E-state index is -0.458. The Morgan fingerprint density at radius 2 is 1.90 bits per heavy atom. The van der Waals surface area contributed by atoms with Crippen LogP contribution < -0.4 is 10.1 Å². The van der Waals surface area contributed by atoms with Crippen LogP contribution in [0.5, 0.6) is 5.75 Å². The summed E-state index contributed by atoms with van der Waals surface area (Å²) in [6, 6.07) is 6.13. The Bertz CT molecular complexity index is 415. The number of aryl methyl sites for hydroxylation is 2. The lowest BCUT2D eigenvalue weighted by molar-refractivity contribution is 0.0811. The average Bonchev–Trinajstić information content (AvgIpc) is 2.34. The number of β-amino-alcohol motifs (C(OH)–C–C–N with tert-alkyl or cyclic N) is 1. The summed E-state index contributed by atoms with van der Waals surface area (Å²) in [4.78, 5) is 0. The molecule has 1 aliphatic carbocycles. The summed E-state index contributed by atoms with van der Waals surface area (Å²) in [7, 11) is 0. The Morgan fingerprint density at radius 3 is 2.40 bits per heavy atom. The van der Waals surface area contributed by atoms with Gasteiger partial charge in [0.15, 0.2) is 0 Å². The minimum absolute atomic E-state index is 0.279. The van der Waals surface area contributed by atoms with Crippen molar-refractivity contribution in [2.24, 2.45) is 0 Å². The molecule has 1 unspecified atom stereocenters. The van der Waals surface area contributed by atoms with Gasteiger partial charge in [-0.2, -0.15) is 0 Å². The van der Waals surface area contributed by atoms with Gasteiger partial charge in [-0.05, 0) is 62.8 Å². The van der Waals surface area contributed by atoms with E-state index in [1.165, 1.54) is 30.4 Å². The van der Waals surface area contributed by atoms with Crippen molar-refractivity contribution in [3.05, 3.63) is 29.3 Å². The summed E-state index contributed by atoms with van der Waals surface area (Å²) in [5.41, 5.74) is 2.65. The standard InChI is InChI=1S/C17H27NO2/c1-4-17(6-5-7-17)18-11-15(19)12-20-16-9-13(2)8-14(3)10-16/h8-10,15,18-19H,4-7,11-12H2,1-3H3. The molecule has 1 fully saturated rings. The third-order valence-corrected chi connectivity index (χ3v) is 4.34. The van der Waals surface area contributed by atoms with E-state index in [1.807, 2.05) is 12.1 Å². The van der Waals surface area contributed by atoms with Gasteiger partial charge in [-0.3, -0.25) is 0 Å². The van der Waals surface area contributed by atoms with E-state index in [0.717, 1.165) is 12.2 Å². The van der Waals surface area contributed by atoms with Crippen LogP contribution in [0.1, 0.15) is 43.7 Å². The molecule has 0 radical (unpaired) electrons. The fourth-order valence-corrected chi connectivity index (χ4v) is 2.86. The number of rotatable bonds is 7. The fourth-order valence-electron chi connectivity index (χ4n) is 2.86. The molecule has 0 spiro atoms. The second-order valence-electron chi connectivity index (χ2n) is 6.16. The first-order valence-corrected chi connectivity index (χ1v) is 7.67. The van der Waals surface area contributed by atoms with Crippen molar-refractivity contribution in [1.29, 1.82) is 0 Å². The van der Waals surface area contributed by atoms with Crippen LogP contribution in [-0.4, -0.2) is 29.9 Å². The number of aliphatic hydroxyl groups is 1. The first kappa shape index (κ1) is 15.3. The maximum absolute atomic E-state index is 10.0. The highest BCUT2D eigenvalue weighted by Crippen LogP contribution is 2.34. The Hall–Kier alpha value is -1.06. The summed E-state index contributed by atoms with van der Waals surface area (Å²) in [5, 5.41) is 13.6. The average molecular weight is 277 g/mol. The van der Waals surface area contributed by atoms with E-state index in [0.29, 0.717) is 13.2 Å². The van der Waals surface area contributed by atoms with Crippen molar-refractivity contribution in [2.75, 3.05) is 13.2 Å². The van der Waals surface area contributed by atoms with Crippen LogP contribution in [0.4, 0.5) is 0 Å².